The number of ether oxygens (including phenoxy) is 3. The van der Waals surface area contributed by atoms with E-state index in [0.29, 0.717) is 57.9 Å². The van der Waals surface area contributed by atoms with E-state index < -0.39 is 10.5 Å². The molecule has 0 amide bonds. The zero-order valence-corrected chi connectivity index (χ0v) is 23.7. The summed E-state index contributed by atoms with van der Waals surface area (Å²) in [7, 11) is 3.06. The number of aromatic nitrogens is 2. The van der Waals surface area contributed by atoms with Crippen LogP contribution in [0, 0.1) is 10.1 Å². The second-order valence-electron chi connectivity index (χ2n) is 9.50. The summed E-state index contributed by atoms with van der Waals surface area (Å²) in [6.07, 6.45) is 2.78. The monoisotopic (exact) mass is 605 g/mol. The number of nitrogens with zero attached hydrogens (tertiary/aromatic N) is 3. The summed E-state index contributed by atoms with van der Waals surface area (Å²) in [6.45, 7) is 0.505. The first-order chi connectivity index (χ1) is 20.4. The van der Waals surface area contributed by atoms with Crippen molar-refractivity contribution in [2.45, 2.75) is 30.8 Å². The van der Waals surface area contributed by atoms with Crippen LogP contribution in [0.15, 0.2) is 64.5 Å². The van der Waals surface area contributed by atoms with Gasteiger partial charge in [-0.1, -0.05) is 16.9 Å². The van der Waals surface area contributed by atoms with Crippen molar-refractivity contribution in [3.05, 3.63) is 86.3 Å². The summed E-state index contributed by atoms with van der Waals surface area (Å²) in [5.41, 5.74) is 0.959. The Morgan fingerprint density at radius 3 is 2.62 bits per heavy atom. The normalized spacial score (nSPS) is 12.8. The van der Waals surface area contributed by atoms with Gasteiger partial charge in [0.05, 0.1) is 21.6 Å². The molecule has 1 aliphatic carbocycles. The highest BCUT2D eigenvalue weighted by Crippen LogP contribution is 2.46. The number of hydrogen-bond donors (Lipinski definition) is 0. The topological polar surface area (TPSA) is 140 Å². The fourth-order valence-electron chi connectivity index (χ4n) is 5.03. The van der Waals surface area contributed by atoms with Crippen molar-refractivity contribution in [3.8, 4) is 22.8 Å². The standard InChI is InChI=1S/C29H23N3O8S2/c33-25(38-11-12-41-42-24-5-1-3-9-30-24)6-2-4-10-31-27-19-14-22-23(40-16-39-22)15-20(19)28(34)26(27)18-8-7-17(32(36)37)13-21(18)29(31)35/h1,3,5,7-9,13-15H,2,4,6,10-12,16H2. The molecule has 0 saturated carbocycles. The number of non-ortho nitro benzene ring substituents is 1. The second kappa shape index (κ2) is 11.9. The van der Waals surface area contributed by atoms with Gasteiger partial charge < -0.3 is 18.8 Å². The van der Waals surface area contributed by atoms with Crippen LogP contribution in [0.5, 0.6) is 11.5 Å². The number of hydrogen-bond acceptors (Lipinski definition) is 11. The molecule has 0 unspecified atom stereocenters. The predicted octanol–water partition coefficient (Wildman–Crippen LogP) is 5.40. The molecule has 2 aliphatic rings. The van der Waals surface area contributed by atoms with E-state index in [2.05, 4.69) is 4.98 Å². The van der Waals surface area contributed by atoms with Crippen LogP contribution in [-0.2, 0) is 16.1 Å². The molecule has 3 heterocycles. The van der Waals surface area contributed by atoms with Crippen molar-refractivity contribution >= 4 is 49.8 Å². The summed E-state index contributed by atoms with van der Waals surface area (Å²) in [5, 5.41) is 12.8. The molecule has 0 atom stereocenters. The fraction of sp³-hybridized carbons (Fsp3) is 0.241. The van der Waals surface area contributed by atoms with Gasteiger partial charge in [-0.25, -0.2) is 4.98 Å². The summed E-state index contributed by atoms with van der Waals surface area (Å²) in [6, 6.07) is 12.9. The van der Waals surface area contributed by atoms with Crippen LogP contribution in [0.2, 0.25) is 0 Å². The lowest BCUT2D eigenvalue weighted by Gasteiger charge is -2.15. The maximum absolute atomic E-state index is 13.7. The number of nitro groups is 1. The van der Waals surface area contributed by atoms with Crippen molar-refractivity contribution in [1.82, 2.24) is 9.55 Å². The molecule has 0 N–H and O–H groups in total. The number of fused-ring (bicyclic) bond motifs is 6. The van der Waals surface area contributed by atoms with Crippen LogP contribution in [0.3, 0.4) is 0 Å². The first-order valence-corrected chi connectivity index (χ1v) is 15.4. The summed E-state index contributed by atoms with van der Waals surface area (Å²) < 4.78 is 17.8. The molecule has 4 aromatic rings. The fourth-order valence-corrected chi connectivity index (χ4v) is 6.74. The highest BCUT2D eigenvalue weighted by molar-refractivity contribution is 8.76. The second-order valence-corrected chi connectivity index (χ2v) is 11.9. The van der Waals surface area contributed by atoms with Gasteiger partial charge in [-0.3, -0.25) is 24.5 Å². The zero-order chi connectivity index (χ0) is 29.2. The Hall–Kier alpha value is -4.36. The van der Waals surface area contributed by atoms with Gasteiger partial charge in [0, 0.05) is 53.6 Å². The quantitative estimate of drug-likeness (QED) is 0.0628. The highest BCUT2D eigenvalue weighted by atomic mass is 33.1. The van der Waals surface area contributed by atoms with Crippen LogP contribution in [0.4, 0.5) is 5.69 Å². The van der Waals surface area contributed by atoms with Crippen molar-refractivity contribution in [3.63, 3.8) is 0 Å². The Morgan fingerprint density at radius 2 is 1.86 bits per heavy atom. The lowest BCUT2D eigenvalue weighted by Crippen LogP contribution is -2.23. The van der Waals surface area contributed by atoms with Crippen LogP contribution < -0.4 is 15.0 Å². The third-order valence-electron chi connectivity index (χ3n) is 6.93. The predicted molar refractivity (Wildman–Crippen MR) is 157 cm³/mol. The number of ketones is 1. The first-order valence-electron chi connectivity index (χ1n) is 13.1. The number of rotatable bonds is 11. The van der Waals surface area contributed by atoms with E-state index >= 15 is 0 Å². The van der Waals surface area contributed by atoms with E-state index in [0.717, 1.165) is 5.03 Å². The van der Waals surface area contributed by atoms with Gasteiger partial charge in [0.15, 0.2) is 17.3 Å². The van der Waals surface area contributed by atoms with Gasteiger partial charge in [-0.15, -0.1) is 0 Å². The molecule has 1 aliphatic heterocycles. The molecule has 2 aromatic heterocycles. The highest BCUT2D eigenvalue weighted by Gasteiger charge is 2.35. The molecule has 214 valence electrons. The Balaban J connectivity index is 1.18. The summed E-state index contributed by atoms with van der Waals surface area (Å²) in [5.74, 6) is 0.892. The summed E-state index contributed by atoms with van der Waals surface area (Å²) in [4.78, 5) is 54.7. The van der Waals surface area contributed by atoms with E-state index in [-0.39, 0.29) is 49.2 Å². The maximum Gasteiger partial charge on any atom is 0.305 e. The Bertz CT molecular complexity index is 1790. The molecule has 0 fully saturated rings. The largest absolute Gasteiger partial charge is 0.465 e. The van der Waals surface area contributed by atoms with Crippen LogP contribution in [-0.4, -0.2) is 45.4 Å². The molecule has 0 saturated heterocycles. The molecule has 42 heavy (non-hydrogen) atoms. The smallest absolute Gasteiger partial charge is 0.305 e. The molecule has 0 spiro atoms. The minimum Gasteiger partial charge on any atom is -0.465 e. The Labute approximate surface area is 246 Å². The van der Waals surface area contributed by atoms with E-state index in [1.165, 1.54) is 33.6 Å². The van der Waals surface area contributed by atoms with Crippen LogP contribution in [0.1, 0.15) is 35.2 Å². The molecule has 0 bridgehead atoms. The van der Waals surface area contributed by atoms with Crippen molar-refractivity contribution in [2.75, 3.05) is 19.2 Å². The third-order valence-corrected chi connectivity index (χ3v) is 9.16. The average molecular weight is 606 g/mol. The average Bonchev–Trinajstić information content (AvgIpc) is 3.57. The molecule has 2 aromatic carbocycles. The van der Waals surface area contributed by atoms with Gasteiger partial charge in [-0.2, -0.15) is 0 Å². The van der Waals surface area contributed by atoms with E-state index in [9.17, 15) is 24.5 Å². The SMILES string of the molecule is O=C(CCCCn1c2c(c3ccc([N+](=O)[O-])cc3c1=O)C(=O)c1cc3c(cc1-2)OCO3)OCCSSc1ccccn1. The molecule has 6 rings (SSSR count). The van der Waals surface area contributed by atoms with E-state index in [1.807, 2.05) is 18.2 Å². The van der Waals surface area contributed by atoms with Gasteiger partial charge in [0.1, 0.15) is 11.6 Å². The number of benzene rings is 2. The minimum absolute atomic E-state index is 0.0331. The molecule has 13 heteroatoms. The van der Waals surface area contributed by atoms with Crippen molar-refractivity contribution in [2.24, 2.45) is 0 Å². The lowest BCUT2D eigenvalue weighted by atomic mass is 10.0. The number of carbonyl (C=O) groups is 2. The zero-order valence-electron chi connectivity index (χ0n) is 22.1. The summed E-state index contributed by atoms with van der Waals surface area (Å²) >= 11 is 0. The number of nitro benzene ring substituents is 1. The molecular weight excluding hydrogens is 582 g/mol. The van der Waals surface area contributed by atoms with E-state index in [4.69, 9.17) is 14.2 Å². The minimum atomic E-state index is -0.576. The van der Waals surface area contributed by atoms with Gasteiger partial charge >= 0.3 is 5.97 Å². The number of unbranched alkanes of at least 4 members (excludes halogenated alkanes) is 1. The van der Waals surface area contributed by atoms with E-state index in [1.54, 1.807) is 29.1 Å². The lowest BCUT2D eigenvalue weighted by molar-refractivity contribution is -0.384. The Kier molecular flexibility index (Phi) is 7.85. The molecule has 0 radical (unpaired) electrons. The van der Waals surface area contributed by atoms with Gasteiger partial charge in [-0.05, 0) is 54.0 Å². The first kappa shape index (κ1) is 27.8. The number of pyridine rings is 2. The third kappa shape index (κ3) is 5.32. The van der Waals surface area contributed by atoms with Crippen LogP contribution >= 0.6 is 21.6 Å². The van der Waals surface area contributed by atoms with Crippen LogP contribution in [0.25, 0.3) is 22.0 Å². The van der Waals surface area contributed by atoms with Gasteiger partial charge in [0.2, 0.25) is 6.79 Å². The number of esters is 1. The number of carbonyl (C=O) groups excluding carboxylic acids is 2. The van der Waals surface area contributed by atoms with Gasteiger partial charge in [0.25, 0.3) is 11.2 Å². The van der Waals surface area contributed by atoms with Crippen molar-refractivity contribution < 1.29 is 28.7 Å². The Morgan fingerprint density at radius 1 is 1.05 bits per heavy atom. The molecular formula is C29H23N3O8S2. The maximum atomic E-state index is 13.7. The van der Waals surface area contributed by atoms with Crippen molar-refractivity contribution in [1.29, 1.82) is 0 Å². The molecule has 11 nitrogen and oxygen atoms in total.